The van der Waals surface area contributed by atoms with E-state index in [1.165, 1.54) is 0 Å². The molecule has 0 saturated carbocycles. The molecule has 2 aromatic rings. The van der Waals surface area contributed by atoms with Crippen molar-refractivity contribution in [3.8, 4) is 11.6 Å². The van der Waals surface area contributed by atoms with Gasteiger partial charge in [-0.05, 0) is 62.2 Å². The molecule has 0 aliphatic heterocycles. The zero-order chi connectivity index (χ0) is 13.8. The molecule has 0 fully saturated rings. The van der Waals surface area contributed by atoms with Crippen LogP contribution >= 0.6 is 15.9 Å². The van der Waals surface area contributed by atoms with Crippen molar-refractivity contribution in [1.82, 2.24) is 4.98 Å². The number of halogens is 1. The van der Waals surface area contributed by atoms with Crippen LogP contribution in [0.5, 0.6) is 11.6 Å². The largest absolute Gasteiger partial charge is 0.439 e. The third kappa shape index (κ3) is 3.55. The van der Waals surface area contributed by atoms with Gasteiger partial charge in [-0.3, -0.25) is 0 Å². The highest BCUT2D eigenvalue weighted by Crippen LogP contribution is 2.27. The Morgan fingerprint density at radius 3 is 2.63 bits per heavy atom. The highest BCUT2D eigenvalue weighted by Gasteiger charge is 2.05. The predicted octanol–water partition coefficient (Wildman–Crippen LogP) is 3.75. The van der Waals surface area contributed by atoms with Crippen LogP contribution in [-0.2, 0) is 6.42 Å². The molecule has 1 heterocycles. The summed E-state index contributed by atoms with van der Waals surface area (Å²) in [5.74, 6) is 1.44. The molecule has 19 heavy (non-hydrogen) atoms. The molecule has 0 atom stereocenters. The van der Waals surface area contributed by atoms with Gasteiger partial charge in [0.05, 0.1) is 0 Å². The number of pyridine rings is 1. The van der Waals surface area contributed by atoms with Crippen LogP contribution in [0.1, 0.15) is 16.7 Å². The molecule has 1 aromatic carbocycles. The lowest BCUT2D eigenvalue weighted by Gasteiger charge is -2.10. The van der Waals surface area contributed by atoms with Crippen molar-refractivity contribution < 1.29 is 4.74 Å². The number of hydrogen-bond acceptors (Lipinski definition) is 3. The summed E-state index contributed by atoms with van der Waals surface area (Å²) in [6.45, 7) is 4.66. The Morgan fingerprint density at radius 1 is 1.21 bits per heavy atom. The molecule has 1 aromatic heterocycles. The van der Waals surface area contributed by atoms with E-state index in [2.05, 4.69) is 27.0 Å². The molecular formula is C15H17BrN2O. The second kappa shape index (κ2) is 6.17. The smallest absolute Gasteiger partial charge is 0.222 e. The third-order valence-electron chi connectivity index (χ3n) is 2.86. The quantitative estimate of drug-likeness (QED) is 0.933. The van der Waals surface area contributed by atoms with Gasteiger partial charge in [0.25, 0.3) is 0 Å². The van der Waals surface area contributed by atoms with Crippen molar-refractivity contribution in [2.45, 2.75) is 20.3 Å². The van der Waals surface area contributed by atoms with Crippen LogP contribution in [-0.4, -0.2) is 11.5 Å². The number of aryl methyl sites for hydroxylation is 2. The Morgan fingerprint density at radius 2 is 2.00 bits per heavy atom. The average molecular weight is 321 g/mol. The van der Waals surface area contributed by atoms with Crippen molar-refractivity contribution in [2.75, 3.05) is 6.54 Å². The van der Waals surface area contributed by atoms with Gasteiger partial charge >= 0.3 is 0 Å². The molecule has 3 nitrogen and oxygen atoms in total. The van der Waals surface area contributed by atoms with E-state index in [-0.39, 0.29) is 0 Å². The molecule has 0 bridgehead atoms. The minimum Gasteiger partial charge on any atom is -0.439 e. The average Bonchev–Trinajstić information content (AvgIpc) is 2.37. The molecule has 2 N–H and O–H groups in total. The van der Waals surface area contributed by atoms with Crippen LogP contribution in [0.25, 0.3) is 0 Å². The molecular weight excluding hydrogens is 304 g/mol. The molecule has 2 rings (SSSR count). The van der Waals surface area contributed by atoms with Crippen LogP contribution in [0.3, 0.4) is 0 Å². The first kappa shape index (κ1) is 14.0. The maximum Gasteiger partial charge on any atom is 0.222 e. The van der Waals surface area contributed by atoms with E-state index in [9.17, 15) is 0 Å². The van der Waals surface area contributed by atoms with Crippen LogP contribution in [0, 0.1) is 13.8 Å². The number of benzene rings is 1. The Labute approximate surface area is 121 Å². The molecule has 4 heteroatoms. The van der Waals surface area contributed by atoms with Crippen LogP contribution in [0.2, 0.25) is 0 Å². The zero-order valence-corrected chi connectivity index (χ0v) is 12.7. The van der Waals surface area contributed by atoms with Crippen molar-refractivity contribution in [3.63, 3.8) is 0 Å². The maximum absolute atomic E-state index is 5.81. The Hall–Kier alpha value is -1.39. The van der Waals surface area contributed by atoms with Gasteiger partial charge in [0.2, 0.25) is 5.88 Å². The van der Waals surface area contributed by atoms with Crippen molar-refractivity contribution >= 4 is 15.9 Å². The maximum atomic E-state index is 5.81. The molecule has 100 valence electrons. The summed E-state index contributed by atoms with van der Waals surface area (Å²) >= 11 is 3.47. The summed E-state index contributed by atoms with van der Waals surface area (Å²) in [6, 6.07) is 7.95. The van der Waals surface area contributed by atoms with Gasteiger partial charge in [0, 0.05) is 16.2 Å². The molecule has 0 aliphatic rings. The third-order valence-corrected chi connectivity index (χ3v) is 3.75. The molecule has 0 amide bonds. The van der Waals surface area contributed by atoms with Crippen LogP contribution < -0.4 is 10.5 Å². The number of aromatic nitrogens is 1. The summed E-state index contributed by atoms with van der Waals surface area (Å²) in [6.07, 6.45) is 2.66. The van der Waals surface area contributed by atoms with Crippen molar-refractivity contribution in [2.24, 2.45) is 5.73 Å². The first-order valence-corrected chi connectivity index (χ1v) is 6.99. The summed E-state index contributed by atoms with van der Waals surface area (Å²) < 4.78 is 6.89. The summed E-state index contributed by atoms with van der Waals surface area (Å²) in [4.78, 5) is 4.35. The molecule has 0 saturated heterocycles. The Bertz CT molecular complexity index is 584. The lowest BCUT2D eigenvalue weighted by atomic mass is 10.1. The van der Waals surface area contributed by atoms with E-state index in [1.807, 2.05) is 38.2 Å². The molecule has 0 unspecified atom stereocenters. The van der Waals surface area contributed by atoms with Gasteiger partial charge in [-0.15, -0.1) is 0 Å². The number of nitrogens with zero attached hydrogens (tertiary/aromatic N) is 1. The topological polar surface area (TPSA) is 48.1 Å². The lowest BCUT2D eigenvalue weighted by molar-refractivity contribution is 0.458. The summed E-state index contributed by atoms with van der Waals surface area (Å²) in [5, 5.41) is 0. The van der Waals surface area contributed by atoms with Gasteiger partial charge in [0.15, 0.2) is 0 Å². The lowest BCUT2D eigenvalue weighted by Crippen LogP contribution is -2.03. The van der Waals surface area contributed by atoms with E-state index in [0.717, 1.165) is 33.3 Å². The number of nitrogens with two attached hydrogens (primary N) is 1. The van der Waals surface area contributed by atoms with Gasteiger partial charge in [-0.2, -0.15) is 0 Å². The van der Waals surface area contributed by atoms with E-state index in [1.54, 1.807) is 0 Å². The number of rotatable bonds is 4. The van der Waals surface area contributed by atoms with Crippen molar-refractivity contribution in [1.29, 1.82) is 0 Å². The van der Waals surface area contributed by atoms with Gasteiger partial charge in [-0.1, -0.05) is 15.9 Å². The highest BCUT2D eigenvalue weighted by atomic mass is 79.9. The van der Waals surface area contributed by atoms with Crippen LogP contribution in [0.15, 0.2) is 34.9 Å². The fourth-order valence-corrected chi connectivity index (χ4v) is 2.07. The number of ether oxygens (including phenoxy) is 1. The van der Waals surface area contributed by atoms with Gasteiger partial charge in [0.1, 0.15) is 5.75 Å². The second-order valence-corrected chi connectivity index (χ2v) is 5.37. The summed E-state index contributed by atoms with van der Waals surface area (Å²) in [5.41, 5.74) is 8.83. The second-order valence-electron chi connectivity index (χ2n) is 4.52. The van der Waals surface area contributed by atoms with Crippen molar-refractivity contribution in [3.05, 3.63) is 51.6 Å². The minimum absolute atomic E-state index is 0.632. The zero-order valence-electron chi connectivity index (χ0n) is 11.1. The van der Waals surface area contributed by atoms with E-state index < -0.39 is 0 Å². The summed E-state index contributed by atoms with van der Waals surface area (Å²) in [7, 11) is 0. The van der Waals surface area contributed by atoms with Gasteiger partial charge < -0.3 is 10.5 Å². The minimum atomic E-state index is 0.632. The Balaban J connectivity index is 2.20. The first-order chi connectivity index (χ1) is 9.10. The SMILES string of the molecule is Cc1cc(Oc2ncc(CCN)cc2C)ccc1Br. The molecule has 0 radical (unpaired) electrons. The predicted molar refractivity (Wildman–Crippen MR) is 80.7 cm³/mol. The van der Waals surface area contributed by atoms with Crippen LogP contribution in [0.4, 0.5) is 0 Å². The fraction of sp³-hybridized carbons (Fsp3) is 0.267. The number of hydrogen-bond donors (Lipinski definition) is 1. The monoisotopic (exact) mass is 320 g/mol. The van der Waals surface area contributed by atoms with E-state index in [4.69, 9.17) is 10.5 Å². The highest BCUT2D eigenvalue weighted by molar-refractivity contribution is 9.10. The van der Waals surface area contributed by atoms with E-state index in [0.29, 0.717) is 12.4 Å². The fourth-order valence-electron chi connectivity index (χ4n) is 1.82. The molecule has 0 spiro atoms. The van der Waals surface area contributed by atoms with Gasteiger partial charge in [-0.25, -0.2) is 4.98 Å². The first-order valence-electron chi connectivity index (χ1n) is 6.19. The standard InChI is InChI=1S/C15H17BrN2O/c1-10-8-13(3-4-14(10)16)19-15-11(2)7-12(5-6-17)9-18-15/h3-4,7-9H,5-6,17H2,1-2H3. The molecule has 0 aliphatic carbocycles. The normalized spacial score (nSPS) is 10.5. The Kier molecular flexibility index (Phi) is 4.56. The van der Waals surface area contributed by atoms with E-state index >= 15 is 0 Å².